The summed E-state index contributed by atoms with van der Waals surface area (Å²) in [5.74, 6) is 0.702. The fourth-order valence-corrected chi connectivity index (χ4v) is 5.14. The number of carbonyl (C=O) groups is 2. The molecule has 2 aliphatic heterocycles. The average molecular weight is 502 g/mol. The number of methoxy groups -OCH3 is 1. The van der Waals surface area contributed by atoms with Gasteiger partial charge in [-0.05, 0) is 30.9 Å². The first-order valence-corrected chi connectivity index (χ1v) is 12.8. The van der Waals surface area contributed by atoms with Crippen LogP contribution in [0.25, 0.3) is 11.0 Å². The van der Waals surface area contributed by atoms with E-state index in [9.17, 15) is 9.59 Å². The molecule has 2 aromatic rings. The summed E-state index contributed by atoms with van der Waals surface area (Å²) in [5.41, 5.74) is 1.78. The Hall–Kier alpha value is -2.49. The summed E-state index contributed by atoms with van der Waals surface area (Å²) in [5, 5.41) is 3.43. The maximum Gasteiger partial charge on any atom is 0.290 e. The van der Waals surface area contributed by atoms with Gasteiger partial charge in [-0.2, -0.15) is 0 Å². The van der Waals surface area contributed by atoms with Crippen LogP contribution >= 0.6 is 0 Å². The molecule has 9 heteroatoms. The molecule has 2 saturated heterocycles. The Labute approximate surface area is 215 Å². The highest BCUT2D eigenvalue weighted by atomic mass is 16.5. The van der Waals surface area contributed by atoms with Crippen LogP contribution in [0.2, 0.25) is 0 Å². The molecule has 0 spiro atoms. The Morgan fingerprint density at radius 2 is 1.97 bits per heavy atom. The summed E-state index contributed by atoms with van der Waals surface area (Å²) < 4.78 is 12.7. The van der Waals surface area contributed by atoms with Gasteiger partial charge in [0, 0.05) is 59.0 Å². The standard InChI is InChI=1S/C26H39N5O4.CH4/c1-19(2)18-31(21-15-20(16-27-17-21)25(32)29-10-13-35-14-11-29)26(33)24-28-22-7-4-5-8-23(22)30(24)9-6-12-34-3;/h4-5,7-8,19-21,27H,6,9-18H2,1-3H3;1H4/t20-,21+;/m1./s1. The third-order valence-corrected chi connectivity index (χ3v) is 6.84. The minimum absolute atomic E-state index is 0. The van der Waals surface area contributed by atoms with Gasteiger partial charge < -0.3 is 29.2 Å². The predicted molar refractivity (Wildman–Crippen MR) is 141 cm³/mol. The first-order chi connectivity index (χ1) is 17.0. The molecule has 2 fully saturated rings. The van der Waals surface area contributed by atoms with Crippen molar-refractivity contribution in [2.75, 3.05) is 59.7 Å². The molecule has 0 saturated carbocycles. The number of benzene rings is 1. The minimum atomic E-state index is -0.144. The molecular weight excluding hydrogens is 458 g/mol. The number of nitrogens with one attached hydrogen (secondary N) is 1. The molecule has 0 radical (unpaired) electrons. The van der Waals surface area contributed by atoms with Gasteiger partial charge in [-0.25, -0.2) is 4.98 Å². The van der Waals surface area contributed by atoms with Crippen molar-refractivity contribution in [3.8, 4) is 0 Å². The van der Waals surface area contributed by atoms with Crippen LogP contribution in [0.4, 0.5) is 0 Å². The Morgan fingerprint density at radius 1 is 1.22 bits per heavy atom. The zero-order valence-electron chi connectivity index (χ0n) is 21.2. The van der Waals surface area contributed by atoms with E-state index in [-0.39, 0.29) is 31.2 Å². The van der Waals surface area contributed by atoms with Crippen LogP contribution in [-0.2, 0) is 20.8 Å². The highest BCUT2D eigenvalue weighted by Crippen LogP contribution is 2.24. The SMILES string of the molecule is C.COCCCn1c(C(=O)N(CC(C)C)[C@@H]2CNC[C@H](C(=O)N3CCOCC3)C2)nc2ccccc21. The van der Waals surface area contributed by atoms with E-state index in [0.717, 1.165) is 17.5 Å². The van der Waals surface area contributed by atoms with Crippen molar-refractivity contribution in [2.45, 2.75) is 46.7 Å². The third-order valence-electron chi connectivity index (χ3n) is 6.84. The molecule has 9 nitrogen and oxygen atoms in total. The van der Waals surface area contributed by atoms with Crippen LogP contribution in [0.1, 0.15) is 44.7 Å². The maximum atomic E-state index is 14.1. The van der Waals surface area contributed by atoms with Gasteiger partial charge in [-0.3, -0.25) is 9.59 Å². The second kappa shape index (κ2) is 13.2. The normalized spacial score (nSPS) is 20.4. The number of hydrogen-bond acceptors (Lipinski definition) is 6. The molecule has 4 rings (SSSR count). The van der Waals surface area contributed by atoms with Crippen molar-refractivity contribution in [3.05, 3.63) is 30.1 Å². The molecule has 2 aliphatic rings. The van der Waals surface area contributed by atoms with Crippen LogP contribution in [0, 0.1) is 11.8 Å². The summed E-state index contributed by atoms with van der Waals surface area (Å²) in [6.07, 6.45) is 1.45. The molecular formula is C27H43N5O4. The van der Waals surface area contributed by atoms with E-state index in [4.69, 9.17) is 14.5 Å². The lowest BCUT2D eigenvalue weighted by Crippen LogP contribution is -2.56. The smallest absolute Gasteiger partial charge is 0.290 e. The first-order valence-electron chi connectivity index (χ1n) is 12.8. The highest BCUT2D eigenvalue weighted by Gasteiger charge is 2.36. The number of carbonyl (C=O) groups excluding carboxylic acids is 2. The summed E-state index contributed by atoms with van der Waals surface area (Å²) in [4.78, 5) is 35.9. The van der Waals surface area contributed by atoms with Gasteiger partial charge in [-0.1, -0.05) is 33.4 Å². The molecule has 2 amide bonds. The number of nitrogens with zero attached hydrogens (tertiary/aromatic N) is 4. The average Bonchev–Trinajstić information content (AvgIpc) is 3.25. The maximum absolute atomic E-state index is 14.1. The second-order valence-electron chi connectivity index (χ2n) is 9.96. The second-order valence-corrected chi connectivity index (χ2v) is 9.96. The number of ether oxygens (including phenoxy) is 2. The lowest BCUT2D eigenvalue weighted by Gasteiger charge is -2.40. The molecule has 0 bridgehead atoms. The van der Waals surface area contributed by atoms with Crippen molar-refractivity contribution in [3.63, 3.8) is 0 Å². The molecule has 1 aromatic carbocycles. The zero-order chi connectivity index (χ0) is 24.8. The zero-order valence-corrected chi connectivity index (χ0v) is 21.2. The number of rotatable bonds is 9. The van der Waals surface area contributed by atoms with Gasteiger partial charge in [0.25, 0.3) is 5.91 Å². The van der Waals surface area contributed by atoms with Crippen LogP contribution in [-0.4, -0.2) is 96.9 Å². The first kappa shape index (κ1) is 28.1. The number of aromatic nitrogens is 2. The van der Waals surface area contributed by atoms with Crippen LogP contribution in [0.3, 0.4) is 0 Å². The molecule has 36 heavy (non-hydrogen) atoms. The third kappa shape index (κ3) is 6.44. The van der Waals surface area contributed by atoms with Crippen LogP contribution in [0.15, 0.2) is 24.3 Å². The van der Waals surface area contributed by atoms with E-state index in [1.54, 1.807) is 7.11 Å². The van der Waals surface area contributed by atoms with Crippen molar-refractivity contribution >= 4 is 22.8 Å². The van der Waals surface area contributed by atoms with Crippen molar-refractivity contribution in [1.29, 1.82) is 0 Å². The molecule has 1 N–H and O–H groups in total. The summed E-state index contributed by atoms with van der Waals surface area (Å²) in [7, 11) is 1.69. The van der Waals surface area contributed by atoms with Crippen molar-refractivity contribution in [1.82, 2.24) is 24.7 Å². The van der Waals surface area contributed by atoms with E-state index < -0.39 is 0 Å². The molecule has 2 atom stereocenters. The molecule has 0 unspecified atom stereocenters. The van der Waals surface area contributed by atoms with E-state index in [2.05, 4.69) is 19.2 Å². The predicted octanol–water partition coefficient (Wildman–Crippen LogP) is 2.64. The molecule has 200 valence electrons. The minimum Gasteiger partial charge on any atom is -0.385 e. The van der Waals surface area contributed by atoms with Gasteiger partial charge in [0.1, 0.15) is 0 Å². The fraction of sp³-hybridized carbons (Fsp3) is 0.667. The topological polar surface area (TPSA) is 88.9 Å². The van der Waals surface area contributed by atoms with E-state index in [1.807, 2.05) is 38.6 Å². The number of imidazole rings is 1. The van der Waals surface area contributed by atoms with Gasteiger partial charge >= 0.3 is 0 Å². The Bertz CT molecular complexity index is 1000. The van der Waals surface area contributed by atoms with E-state index in [1.165, 1.54) is 0 Å². The monoisotopic (exact) mass is 501 g/mol. The van der Waals surface area contributed by atoms with Crippen LogP contribution in [0.5, 0.6) is 0 Å². The van der Waals surface area contributed by atoms with Gasteiger partial charge in [0.2, 0.25) is 5.91 Å². The Kier molecular flexibility index (Phi) is 10.3. The number of morpholine rings is 1. The van der Waals surface area contributed by atoms with Gasteiger partial charge in [-0.15, -0.1) is 0 Å². The number of piperidine rings is 1. The number of amides is 2. The summed E-state index contributed by atoms with van der Waals surface area (Å²) >= 11 is 0. The Morgan fingerprint density at radius 3 is 2.69 bits per heavy atom. The van der Waals surface area contributed by atoms with Crippen LogP contribution < -0.4 is 5.32 Å². The molecule has 0 aliphatic carbocycles. The number of para-hydroxylation sites is 2. The number of hydrogen-bond donors (Lipinski definition) is 1. The fourth-order valence-electron chi connectivity index (χ4n) is 5.14. The van der Waals surface area contributed by atoms with Gasteiger partial charge in [0.15, 0.2) is 5.82 Å². The largest absolute Gasteiger partial charge is 0.385 e. The van der Waals surface area contributed by atoms with E-state index in [0.29, 0.717) is 77.3 Å². The molecule has 3 heterocycles. The lowest BCUT2D eigenvalue weighted by molar-refractivity contribution is -0.140. The Balaban J connectivity index is 0.00000361. The van der Waals surface area contributed by atoms with E-state index >= 15 is 0 Å². The highest BCUT2D eigenvalue weighted by molar-refractivity contribution is 5.95. The summed E-state index contributed by atoms with van der Waals surface area (Å²) in [6.45, 7) is 9.91. The number of aryl methyl sites for hydroxylation is 1. The van der Waals surface area contributed by atoms with Crippen molar-refractivity contribution < 1.29 is 19.1 Å². The summed E-state index contributed by atoms with van der Waals surface area (Å²) in [6, 6.07) is 7.81. The van der Waals surface area contributed by atoms with Crippen molar-refractivity contribution in [2.24, 2.45) is 11.8 Å². The quantitative estimate of drug-likeness (QED) is 0.532. The lowest BCUT2D eigenvalue weighted by atomic mass is 9.92. The number of fused-ring (bicyclic) bond motifs is 1. The molecule has 1 aromatic heterocycles. The van der Waals surface area contributed by atoms with Gasteiger partial charge in [0.05, 0.1) is 30.2 Å².